The van der Waals surface area contributed by atoms with Crippen LogP contribution in [0.1, 0.15) is 38.3 Å². The van der Waals surface area contributed by atoms with Crippen molar-refractivity contribution in [3.63, 3.8) is 0 Å². The van der Waals surface area contributed by atoms with Crippen LogP contribution in [0.5, 0.6) is 0 Å². The van der Waals surface area contributed by atoms with Crippen molar-refractivity contribution in [2.45, 2.75) is 52.1 Å². The molecule has 0 aliphatic heterocycles. The fourth-order valence-electron chi connectivity index (χ4n) is 4.03. The number of hydrogen-bond donors (Lipinski definition) is 1. The number of amides is 1. The number of carbonyl (C=O) groups excluding carboxylic acids is 1. The van der Waals surface area contributed by atoms with E-state index >= 15 is 0 Å². The molecular formula is C15H22BrN3O. The zero-order chi connectivity index (χ0) is 14.3. The minimum absolute atomic E-state index is 0.0651. The maximum absolute atomic E-state index is 12.1. The van der Waals surface area contributed by atoms with Crippen molar-refractivity contribution < 1.29 is 4.79 Å². The summed E-state index contributed by atoms with van der Waals surface area (Å²) in [5.74, 6) is 2.52. The minimum atomic E-state index is 0.0651. The average molecular weight is 340 g/mol. The highest BCUT2D eigenvalue weighted by atomic mass is 79.9. The molecular weight excluding hydrogens is 318 g/mol. The minimum Gasteiger partial charge on any atom is -0.352 e. The molecule has 2 bridgehead atoms. The van der Waals surface area contributed by atoms with Gasteiger partial charge in [-0.25, -0.2) is 0 Å². The molecule has 4 atom stereocenters. The van der Waals surface area contributed by atoms with Crippen LogP contribution < -0.4 is 5.32 Å². The molecule has 0 unspecified atom stereocenters. The smallest absolute Gasteiger partial charge is 0.241 e. The Bertz CT molecular complexity index is 494. The van der Waals surface area contributed by atoms with Gasteiger partial charge in [-0.3, -0.25) is 9.48 Å². The first-order valence-electron chi connectivity index (χ1n) is 7.52. The molecule has 20 heavy (non-hydrogen) atoms. The molecule has 0 aromatic carbocycles. The van der Waals surface area contributed by atoms with Crippen LogP contribution in [-0.2, 0) is 11.3 Å². The van der Waals surface area contributed by atoms with Crippen LogP contribution in [0.2, 0.25) is 0 Å². The molecule has 110 valence electrons. The van der Waals surface area contributed by atoms with Gasteiger partial charge in [0.1, 0.15) is 6.54 Å². The summed E-state index contributed by atoms with van der Waals surface area (Å²) >= 11 is 3.42. The lowest BCUT2D eigenvalue weighted by molar-refractivity contribution is -0.122. The van der Waals surface area contributed by atoms with E-state index in [9.17, 15) is 4.79 Å². The average Bonchev–Trinajstić information content (AvgIpc) is 3.06. The third-order valence-electron chi connectivity index (χ3n) is 5.02. The van der Waals surface area contributed by atoms with Crippen LogP contribution >= 0.6 is 15.9 Å². The second-order valence-corrected chi connectivity index (χ2v) is 7.31. The van der Waals surface area contributed by atoms with Gasteiger partial charge in [-0.05, 0) is 66.8 Å². The molecule has 1 heterocycles. The summed E-state index contributed by atoms with van der Waals surface area (Å²) in [6.07, 6.45) is 7.31. The maximum Gasteiger partial charge on any atom is 0.241 e. The number of carbonyl (C=O) groups is 1. The van der Waals surface area contributed by atoms with Crippen molar-refractivity contribution in [3.8, 4) is 0 Å². The standard InChI is InChI=1S/C15H22BrN3O/c1-9(13-6-11-3-4-12(13)5-11)17-15(20)8-19-7-14(16)10(2)18-19/h7,9,11-13H,3-6,8H2,1-2H3,(H,17,20)/t9-,11+,12+,13-/m0/s1. The predicted octanol–water partition coefficient (Wildman–Crippen LogP) is 2.89. The summed E-state index contributed by atoms with van der Waals surface area (Å²) in [5, 5.41) is 7.47. The molecule has 1 aromatic rings. The second-order valence-electron chi connectivity index (χ2n) is 6.45. The molecule has 2 saturated carbocycles. The third-order valence-corrected chi connectivity index (χ3v) is 5.79. The fourth-order valence-corrected chi connectivity index (χ4v) is 4.35. The lowest BCUT2D eigenvalue weighted by Crippen LogP contribution is -2.41. The van der Waals surface area contributed by atoms with Crippen LogP contribution in [0.3, 0.4) is 0 Å². The molecule has 4 nitrogen and oxygen atoms in total. The van der Waals surface area contributed by atoms with E-state index in [1.165, 1.54) is 25.7 Å². The Morgan fingerprint density at radius 2 is 2.35 bits per heavy atom. The first kappa shape index (κ1) is 14.1. The number of nitrogens with zero attached hydrogens (tertiary/aromatic N) is 2. The van der Waals surface area contributed by atoms with Gasteiger partial charge in [0, 0.05) is 12.2 Å². The monoisotopic (exact) mass is 339 g/mol. The zero-order valence-electron chi connectivity index (χ0n) is 12.1. The van der Waals surface area contributed by atoms with E-state index in [0.717, 1.165) is 22.0 Å². The maximum atomic E-state index is 12.1. The van der Waals surface area contributed by atoms with E-state index in [-0.39, 0.29) is 11.9 Å². The molecule has 0 saturated heterocycles. The van der Waals surface area contributed by atoms with E-state index in [4.69, 9.17) is 0 Å². The van der Waals surface area contributed by atoms with Gasteiger partial charge in [-0.15, -0.1) is 0 Å². The molecule has 1 aromatic heterocycles. The highest BCUT2D eigenvalue weighted by Crippen LogP contribution is 2.49. The van der Waals surface area contributed by atoms with Crippen LogP contribution in [0, 0.1) is 24.7 Å². The van der Waals surface area contributed by atoms with Crippen LogP contribution in [0.25, 0.3) is 0 Å². The molecule has 3 rings (SSSR count). The van der Waals surface area contributed by atoms with Gasteiger partial charge in [-0.2, -0.15) is 5.10 Å². The number of aryl methyl sites for hydroxylation is 1. The van der Waals surface area contributed by atoms with Crippen LogP contribution in [0.4, 0.5) is 0 Å². The first-order valence-corrected chi connectivity index (χ1v) is 8.31. The van der Waals surface area contributed by atoms with Gasteiger partial charge in [0.25, 0.3) is 0 Å². The largest absolute Gasteiger partial charge is 0.352 e. The normalized spacial score (nSPS) is 29.6. The molecule has 0 spiro atoms. The Kier molecular flexibility index (Phi) is 3.89. The van der Waals surface area contributed by atoms with Gasteiger partial charge in [0.2, 0.25) is 5.91 Å². The predicted molar refractivity (Wildman–Crippen MR) is 81.2 cm³/mol. The van der Waals surface area contributed by atoms with E-state index in [1.54, 1.807) is 4.68 Å². The Morgan fingerprint density at radius 3 is 2.90 bits per heavy atom. The quantitative estimate of drug-likeness (QED) is 0.916. The number of fused-ring (bicyclic) bond motifs is 2. The Labute approximate surface area is 128 Å². The fraction of sp³-hybridized carbons (Fsp3) is 0.733. The highest BCUT2D eigenvalue weighted by Gasteiger charge is 2.42. The number of nitrogens with one attached hydrogen (secondary N) is 1. The van der Waals surface area contributed by atoms with E-state index in [0.29, 0.717) is 12.5 Å². The molecule has 2 aliphatic carbocycles. The summed E-state index contributed by atoms with van der Waals surface area (Å²) in [6, 6.07) is 0.290. The molecule has 2 aliphatic rings. The summed E-state index contributed by atoms with van der Waals surface area (Å²) in [4.78, 5) is 12.1. The molecule has 2 fully saturated rings. The lowest BCUT2D eigenvalue weighted by atomic mass is 9.84. The number of aromatic nitrogens is 2. The summed E-state index contributed by atoms with van der Waals surface area (Å²) in [7, 11) is 0. The highest BCUT2D eigenvalue weighted by molar-refractivity contribution is 9.10. The van der Waals surface area contributed by atoms with Crippen molar-refractivity contribution in [1.29, 1.82) is 0 Å². The first-order chi connectivity index (χ1) is 9.52. The lowest BCUT2D eigenvalue weighted by Gasteiger charge is -2.28. The number of halogens is 1. The Balaban J connectivity index is 1.53. The molecule has 0 radical (unpaired) electrons. The Hall–Kier alpha value is -0.840. The third kappa shape index (κ3) is 2.78. The summed E-state index contributed by atoms with van der Waals surface area (Å²) in [6.45, 7) is 4.39. The topological polar surface area (TPSA) is 46.9 Å². The van der Waals surface area contributed by atoms with Gasteiger partial charge < -0.3 is 5.32 Å². The van der Waals surface area contributed by atoms with E-state index in [1.807, 2.05) is 13.1 Å². The van der Waals surface area contributed by atoms with Gasteiger partial charge in [0.15, 0.2) is 0 Å². The van der Waals surface area contributed by atoms with E-state index in [2.05, 4.69) is 33.3 Å². The molecule has 5 heteroatoms. The molecule has 1 amide bonds. The van der Waals surface area contributed by atoms with Crippen LogP contribution in [-0.4, -0.2) is 21.7 Å². The van der Waals surface area contributed by atoms with Crippen molar-refractivity contribution in [1.82, 2.24) is 15.1 Å². The number of hydrogen-bond acceptors (Lipinski definition) is 2. The summed E-state index contributed by atoms with van der Waals surface area (Å²) < 4.78 is 2.65. The van der Waals surface area contributed by atoms with Gasteiger partial charge in [0.05, 0.1) is 10.2 Å². The van der Waals surface area contributed by atoms with E-state index < -0.39 is 0 Å². The summed E-state index contributed by atoms with van der Waals surface area (Å²) in [5.41, 5.74) is 0.916. The van der Waals surface area contributed by atoms with Crippen molar-refractivity contribution in [3.05, 3.63) is 16.4 Å². The molecule has 1 N–H and O–H groups in total. The van der Waals surface area contributed by atoms with Crippen molar-refractivity contribution in [2.75, 3.05) is 0 Å². The number of rotatable bonds is 4. The van der Waals surface area contributed by atoms with Crippen LogP contribution in [0.15, 0.2) is 10.7 Å². The SMILES string of the molecule is Cc1nn(CC(=O)N[C@@H](C)[C@@H]2C[C@@H]3CC[C@@H]2C3)cc1Br. The van der Waals surface area contributed by atoms with Gasteiger partial charge >= 0.3 is 0 Å². The zero-order valence-corrected chi connectivity index (χ0v) is 13.7. The second kappa shape index (κ2) is 5.51. The van der Waals surface area contributed by atoms with Crippen molar-refractivity contribution in [2.24, 2.45) is 17.8 Å². The van der Waals surface area contributed by atoms with Crippen molar-refractivity contribution >= 4 is 21.8 Å². The van der Waals surface area contributed by atoms with Gasteiger partial charge in [-0.1, -0.05) is 6.42 Å². The Morgan fingerprint density at radius 1 is 1.55 bits per heavy atom.